The van der Waals surface area contributed by atoms with E-state index in [0.29, 0.717) is 13.0 Å². The van der Waals surface area contributed by atoms with E-state index in [-0.39, 0.29) is 0 Å². The van der Waals surface area contributed by atoms with Crippen LogP contribution >= 0.6 is 0 Å². The van der Waals surface area contributed by atoms with Gasteiger partial charge in [0.05, 0.1) is 12.2 Å². The molecule has 0 aromatic rings. The molecule has 0 aromatic heterocycles. The monoisotopic (exact) mass is 205 g/mol. The van der Waals surface area contributed by atoms with Crippen molar-refractivity contribution in [2.24, 2.45) is 5.73 Å². The zero-order chi connectivity index (χ0) is 10.7. The lowest BCUT2D eigenvalue weighted by Gasteiger charge is -2.39. The van der Waals surface area contributed by atoms with Gasteiger partial charge in [-0.1, -0.05) is 0 Å². The van der Waals surface area contributed by atoms with Crippen molar-refractivity contribution in [3.05, 3.63) is 0 Å². The lowest BCUT2D eigenvalue weighted by molar-refractivity contribution is -0.218. The molecule has 5 atom stereocenters. The van der Waals surface area contributed by atoms with Crippen molar-refractivity contribution in [3.63, 3.8) is 0 Å². The van der Waals surface area contributed by atoms with Crippen LogP contribution in [0.5, 0.6) is 0 Å². The first-order valence-corrected chi connectivity index (χ1v) is 4.97. The normalized spacial score (nSPS) is 43.9. The molecule has 1 rings (SSSR count). The van der Waals surface area contributed by atoms with Crippen LogP contribution in [-0.4, -0.2) is 52.4 Å². The Morgan fingerprint density at radius 2 is 1.79 bits per heavy atom. The molecule has 84 valence electrons. The van der Waals surface area contributed by atoms with Gasteiger partial charge < -0.3 is 25.8 Å². The predicted octanol–water partition coefficient (Wildman–Crippen LogP) is -1.40. The molecule has 1 heterocycles. The molecule has 1 aliphatic rings. The van der Waals surface area contributed by atoms with Crippen LogP contribution in [0.25, 0.3) is 0 Å². The van der Waals surface area contributed by atoms with E-state index in [4.69, 9.17) is 10.5 Å². The quantitative estimate of drug-likeness (QED) is 0.454. The van der Waals surface area contributed by atoms with Crippen molar-refractivity contribution in [2.45, 2.75) is 50.3 Å². The topological polar surface area (TPSA) is 95.9 Å². The number of ether oxygens (including phenoxy) is 1. The second kappa shape index (κ2) is 5.04. The first kappa shape index (κ1) is 11.9. The Hall–Kier alpha value is -0.200. The van der Waals surface area contributed by atoms with Crippen molar-refractivity contribution in [3.8, 4) is 0 Å². The van der Waals surface area contributed by atoms with Crippen molar-refractivity contribution in [2.75, 3.05) is 6.54 Å². The van der Waals surface area contributed by atoms with E-state index in [0.717, 1.165) is 6.42 Å². The number of rotatable bonds is 3. The Kier molecular flexibility index (Phi) is 4.28. The molecule has 0 unspecified atom stereocenters. The van der Waals surface area contributed by atoms with E-state index in [2.05, 4.69) is 0 Å². The van der Waals surface area contributed by atoms with Crippen molar-refractivity contribution < 1.29 is 20.1 Å². The summed E-state index contributed by atoms with van der Waals surface area (Å²) in [7, 11) is 0. The second-order valence-electron chi connectivity index (χ2n) is 3.78. The standard InChI is InChI=1S/C9H19NO4/c1-5-7(11)9(13)8(12)6(14-5)3-2-4-10/h5-9,11-13H,2-4,10H2,1H3/t5-,6-,7+,8+,9+/m0/s1. The molecule has 5 nitrogen and oxygen atoms in total. The largest absolute Gasteiger partial charge is 0.388 e. The highest BCUT2D eigenvalue weighted by atomic mass is 16.5. The van der Waals surface area contributed by atoms with Gasteiger partial charge in [-0.3, -0.25) is 0 Å². The highest BCUT2D eigenvalue weighted by Gasteiger charge is 2.40. The van der Waals surface area contributed by atoms with E-state index < -0.39 is 30.5 Å². The third kappa shape index (κ3) is 2.43. The Morgan fingerprint density at radius 1 is 1.14 bits per heavy atom. The maximum atomic E-state index is 9.58. The predicted molar refractivity (Wildman–Crippen MR) is 50.6 cm³/mol. The number of hydrogen-bond donors (Lipinski definition) is 4. The van der Waals surface area contributed by atoms with E-state index in [1.54, 1.807) is 6.92 Å². The Morgan fingerprint density at radius 3 is 2.36 bits per heavy atom. The molecule has 14 heavy (non-hydrogen) atoms. The molecule has 0 radical (unpaired) electrons. The zero-order valence-corrected chi connectivity index (χ0v) is 8.34. The van der Waals surface area contributed by atoms with Crippen molar-refractivity contribution >= 4 is 0 Å². The highest BCUT2D eigenvalue weighted by molar-refractivity contribution is 4.90. The maximum Gasteiger partial charge on any atom is 0.111 e. The fourth-order valence-corrected chi connectivity index (χ4v) is 1.69. The number of hydrogen-bond acceptors (Lipinski definition) is 5. The summed E-state index contributed by atoms with van der Waals surface area (Å²) in [4.78, 5) is 0. The lowest BCUT2D eigenvalue weighted by atomic mass is 9.93. The van der Waals surface area contributed by atoms with Crippen LogP contribution < -0.4 is 5.73 Å². The molecule has 0 spiro atoms. The molecule has 0 amide bonds. The van der Waals surface area contributed by atoms with Gasteiger partial charge in [0.25, 0.3) is 0 Å². The summed E-state index contributed by atoms with van der Waals surface area (Å²) in [6.45, 7) is 2.20. The first-order chi connectivity index (χ1) is 6.57. The number of nitrogens with two attached hydrogens (primary N) is 1. The van der Waals surface area contributed by atoms with Crippen LogP contribution in [0.4, 0.5) is 0 Å². The van der Waals surface area contributed by atoms with Gasteiger partial charge in [-0.15, -0.1) is 0 Å². The highest BCUT2D eigenvalue weighted by Crippen LogP contribution is 2.23. The summed E-state index contributed by atoms with van der Waals surface area (Å²) in [6.07, 6.45) is -2.69. The molecule has 1 fully saturated rings. The fourth-order valence-electron chi connectivity index (χ4n) is 1.69. The van der Waals surface area contributed by atoms with Crippen LogP contribution in [0.2, 0.25) is 0 Å². The third-order valence-electron chi connectivity index (χ3n) is 2.64. The minimum absolute atomic E-state index is 0.424. The summed E-state index contributed by atoms with van der Waals surface area (Å²) in [5, 5.41) is 28.5. The van der Waals surface area contributed by atoms with Gasteiger partial charge in [0.1, 0.15) is 18.3 Å². The van der Waals surface area contributed by atoms with Gasteiger partial charge in [0.2, 0.25) is 0 Å². The Labute approximate surface area is 83.5 Å². The van der Waals surface area contributed by atoms with E-state index in [1.165, 1.54) is 0 Å². The Bertz CT molecular complexity index is 178. The summed E-state index contributed by atoms with van der Waals surface area (Å²) in [5.74, 6) is 0. The smallest absolute Gasteiger partial charge is 0.111 e. The molecule has 0 saturated carbocycles. The summed E-state index contributed by atoms with van der Waals surface area (Å²) in [5.41, 5.74) is 5.34. The molecular formula is C9H19NO4. The lowest BCUT2D eigenvalue weighted by Crippen LogP contribution is -2.56. The van der Waals surface area contributed by atoms with E-state index >= 15 is 0 Å². The van der Waals surface area contributed by atoms with Crippen LogP contribution in [0, 0.1) is 0 Å². The van der Waals surface area contributed by atoms with Gasteiger partial charge in [0, 0.05) is 0 Å². The molecule has 5 N–H and O–H groups in total. The fraction of sp³-hybridized carbons (Fsp3) is 1.00. The third-order valence-corrected chi connectivity index (χ3v) is 2.64. The zero-order valence-electron chi connectivity index (χ0n) is 8.34. The van der Waals surface area contributed by atoms with Gasteiger partial charge in [-0.25, -0.2) is 0 Å². The molecule has 0 aliphatic carbocycles. The average molecular weight is 205 g/mol. The van der Waals surface area contributed by atoms with E-state index in [9.17, 15) is 15.3 Å². The minimum Gasteiger partial charge on any atom is -0.388 e. The van der Waals surface area contributed by atoms with Gasteiger partial charge >= 0.3 is 0 Å². The SMILES string of the molecule is C[C@@H]1O[C@@H](CCCN)[C@@H](O)[C@H](O)[C@@H]1O. The first-order valence-electron chi connectivity index (χ1n) is 4.97. The second-order valence-corrected chi connectivity index (χ2v) is 3.78. The van der Waals surface area contributed by atoms with Crippen molar-refractivity contribution in [1.82, 2.24) is 0 Å². The van der Waals surface area contributed by atoms with Gasteiger partial charge in [-0.05, 0) is 26.3 Å². The van der Waals surface area contributed by atoms with Gasteiger partial charge in [-0.2, -0.15) is 0 Å². The average Bonchev–Trinajstić information content (AvgIpc) is 2.18. The molecular weight excluding hydrogens is 186 g/mol. The van der Waals surface area contributed by atoms with E-state index in [1.807, 2.05) is 0 Å². The van der Waals surface area contributed by atoms with Crippen LogP contribution in [-0.2, 0) is 4.74 Å². The van der Waals surface area contributed by atoms with Gasteiger partial charge in [0.15, 0.2) is 0 Å². The summed E-state index contributed by atoms with van der Waals surface area (Å²) >= 11 is 0. The van der Waals surface area contributed by atoms with Crippen LogP contribution in [0.1, 0.15) is 19.8 Å². The molecule has 0 aromatic carbocycles. The molecule has 0 bridgehead atoms. The van der Waals surface area contributed by atoms with Crippen LogP contribution in [0.15, 0.2) is 0 Å². The number of aliphatic hydroxyl groups is 3. The summed E-state index contributed by atoms with van der Waals surface area (Å²) in [6, 6.07) is 0. The molecule has 5 heteroatoms. The molecule has 1 saturated heterocycles. The van der Waals surface area contributed by atoms with Crippen molar-refractivity contribution in [1.29, 1.82) is 0 Å². The summed E-state index contributed by atoms with van der Waals surface area (Å²) < 4.78 is 5.37. The minimum atomic E-state index is -1.12. The Balaban J connectivity index is 2.52. The molecule has 1 aliphatic heterocycles. The van der Waals surface area contributed by atoms with Crippen LogP contribution in [0.3, 0.4) is 0 Å². The number of aliphatic hydroxyl groups excluding tert-OH is 3. The maximum absolute atomic E-state index is 9.58.